The van der Waals surface area contributed by atoms with Crippen molar-refractivity contribution in [3.8, 4) is 11.1 Å². The second-order valence-electron chi connectivity index (χ2n) is 8.43. The maximum Gasteiger partial charge on any atom is 0.0292 e. The average molecular weight is 384 g/mol. The van der Waals surface area contributed by atoms with Gasteiger partial charge in [0.15, 0.2) is 0 Å². The maximum absolute atomic E-state index is 4.19. The van der Waals surface area contributed by atoms with E-state index in [0.29, 0.717) is 12.1 Å². The molecule has 2 aromatic carbocycles. The second-order valence-corrected chi connectivity index (χ2v) is 8.43. The molecule has 3 aliphatic heterocycles. The van der Waals surface area contributed by atoms with Crippen LogP contribution in [0.1, 0.15) is 24.0 Å². The van der Waals surface area contributed by atoms with E-state index in [1.54, 1.807) is 0 Å². The molecule has 4 heterocycles. The summed E-state index contributed by atoms with van der Waals surface area (Å²) in [6.45, 7) is 3.45. The van der Waals surface area contributed by atoms with Gasteiger partial charge in [-0.2, -0.15) is 0 Å². The summed E-state index contributed by atoms with van der Waals surface area (Å²) in [5.74, 6) is 0.793. The fourth-order valence-corrected chi connectivity index (χ4v) is 5.28. The Bertz CT molecular complexity index is 917. The first-order chi connectivity index (χ1) is 14.4. The number of aromatic nitrogens is 1. The highest BCUT2D eigenvalue weighted by Crippen LogP contribution is 2.35. The molecule has 0 spiro atoms. The molecule has 6 rings (SSSR count). The number of benzene rings is 2. The second kappa shape index (κ2) is 8.48. The molecule has 3 aliphatic rings. The topological polar surface area (TPSA) is 28.2 Å². The highest BCUT2D eigenvalue weighted by atomic mass is 15.2. The largest absolute Gasteiger partial charge is 0.308 e. The maximum atomic E-state index is 4.19. The van der Waals surface area contributed by atoms with Gasteiger partial charge >= 0.3 is 0 Å². The van der Waals surface area contributed by atoms with E-state index >= 15 is 0 Å². The van der Waals surface area contributed by atoms with Gasteiger partial charge < -0.3 is 5.32 Å². The van der Waals surface area contributed by atoms with Gasteiger partial charge in [0.1, 0.15) is 0 Å². The van der Waals surface area contributed by atoms with Crippen molar-refractivity contribution < 1.29 is 0 Å². The zero-order valence-electron chi connectivity index (χ0n) is 16.9. The van der Waals surface area contributed by atoms with Crippen LogP contribution in [-0.4, -0.2) is 35.1 Å². The fourth-order valence-electron chi connectivity index (χ4n) is 5.28. The van der Waals surface area contributed by atoms with E-state index in [9.17, 15) is 0 Å². The Balaban J connectivity index is 1.39. The molecule has 3 nitrogen and oxygen atoms in total. The Labute approximate surface area is 173 Å². The van der Waals surface area contributed by atoms with Gasteiger partial charge in [-0.15, -0.1) is 0 Å². The van der Waals surface area contributed by atoms with E-state index in [0.717, 1.165) is 18.9 Å². The zero-order valence-corrected chi connectivity index (χ0v) is 16.9. The van der Waals surface area contributed by atoms with Gasteiger partial charge in [-0.3, -0.25) is 9.88 Å². The van der Waals surface area contributed by atoms with Crippen LogP contribution in [0.5, 0.6) is 0 Å². The number of piperidine rings is 3. The predicted molar refractivity (Wildman–Crippen MR) is 119 cm³/mol. The third-order valence-electron chi connectivity index (χ3n) is 6.79. The standard InChI is InChI=1S/C26H29N3/c1-2-6-20(7-3-1)19-28-26-22-12-16-29(17-13-22)25(26)18-23-8-4-5-9-24(23)21-10-14-27-15-11-21/h1-11,14-15,22,25-26,28H,12-13,16-19H2. The van der Waals surface area contributed by atoms with Crippen molar-refractivity contribution in [3.05, 3.63) is 90.3 Å². The summed E-state index contributed by atoms with van der Waals surface area (Å²) in [6, 6.07) is 25.1. The van der Waals surface area contributed by atoms with Crippen LogP contribution in [0.3, 0.4) is 0 Å². The lowest BCUT2D eigenvalue weighted by molar-refractivity contribution is 0.0127. The minimum Gasteiger partial charge on any atom is -0.308 e. The summed E-state index contributed by atoms with van der Waals surface area (Å²) < 4.78 is 0. The van der Waals surface area contributed by atoms with Gasteiger partial charge in [-0.05, 0) is 72.7 Å². The molecule has 2 atom stereocenters. The molecule has 3 saturated heterocycles. The monoisotopic (exact) mass is 383 g/mol. The number of hydrogen-bond acceptors (Lipinski definition) is 3. The molecule has 0 radical (unpaired) electrons. The Morgan fingerprint density at radius 1 is 0.862 bits per heavy atom. The van der Waals surface area contributed by atoms with Crippen LogP contribution in [0.4, 0.5) is 0 Å². The lowest BCUT2D eigenvalue weighted by Gasteiger charge is -2.51. The van der Waals surface area contributed by atoms with Crippen LogP contribution >= 0.6 is 0 Å². The molecule has 1 N–H and O–H groups in total. The summed E-state index contributed by atoms with van der Waals surface area (Å²) in [7, 11) is 0. The number of fused-ring (bicyclic) bond motifs is 3. The smallest absolute Gasteiger partial charge is 0.0292 e. The van der Waals surface area contributed by atoms with Crippen LogP contribution in [-0.2, 0) is 13.0 Å². The number of nitrogens with zero attached hydrogens (tertiary/aromatic N) is 2. The molecule has 2 unspecified atom stereocenters. The SMILES string of the molecule is c1ccc(CNC2C3CCN(CC3)C2Cc2ccccc2-c2ccncc2)cc1. The molecule has 1 aromatic heterocycles. The highest BCUT2D eigenvalue weighted by Gasteiger charge is 2.41. The van der Waals surface area contributed by atoms with Crippen molar-refractivity contribution in [1.82, 2.24) is 15.2 Å². The van der Waals surface area contributed by atoms with Crippen molar-refractivity contribution >= 4 is 0 Å². The van der Waals surface area contributed by atoms with Gasteiger partial charge in [0, 0.05) is 31.0 Å². The summed E-state index contributed by atoms with van der Waals surface area (Å²) in [5, 5.41) is 3.95. The van der Waals surface area contributed by atoms with E-state index in [-0.39, 0.29) is 0 Å². The fraction of sp³-hybridized carbons (Fsp3) is 0.346. The van der Waals surface area contributed by atoms with Crippen LogP contribution in [0.2, 0.25) is 0 Å². The lowest BCUT2D eigenvalue weighted by Crippen LogP contribution is -2.63. The van der Waals surface area contributed by atoms with E-state index in [1.165, 1.54) is 48.2 Å². The third kappa shape index (κ3) is 3.98. The van der Waals surface area contributed by atoms with Gasteiger partial charge in [0.05, 0.1) is 0 Å². The summed E-state index contributed by atoms with van der Waals surface area (Å²) in [5.41, 5.74) is 5.43. The number of pyridine rings is 1. The van der Waals surface area contributed by atoms with Gasteiger partial charge in [0.2, 0.25) is 0 Å². The van der Waals surface area contributed by atoms with Crippen LogP contribution in [0, 0.1) is 5.92 Å². The quantitative estimate of drug-likeness (QED) is 0.677. The van der Waals surface area contributed by atoms with Crippen molar-refractivity contribution in [2.45, 2.75) is 37.9 Å². The van der Waals surface area contributed by atoms with E-state index in [4.69, 9.17) is 0 Å². The molecular weight excluding hydrogens is 354 g/mol. The molecule has 0 aliphatic carbocycles. The minimum absolute atomic E-state index is 0.559. The van der Waals surface area contributed by atoms with Crippen molar-refractivity contribution in [2.24, 2.45) is 5.92 Å². The van der Waals surface area contributed by atoms with E-state index < -0.39 is 0 Å². The number of rotatable bonds is 6. The Morgan fingerprint density at radius 2 is 1.59 bits per heavy atom. The van der Waals surface area contributed by atoms with E-state index in [2.05, 4.69) is 81.9 Å². The van der Waals surface area contributed by atoms with Gasteiger partial charge in [-0.25, -0.2) is 0 Å². The Kier molecular flexibility index (Phi) is 5.42. The summed E-state index contributed by atoms with van der Waals surface area (Å²) in [6.07, 6.45) is 7.54. The molecule has 2 bridgehead atoms. The number of hydrogen-bond donors (Lipinski definition) is 1. The molecule has 29 heavy (non-hydrogen) atoms. The minimum atomic E-state index is 0.559. The Hall–Kier alpha value is -2.49. The molecule has 3 heteroatoms. The first-order valence-electron chi connectivity index (χ1n) is 10.9. The van der Waals surface area contributed by atoms with Gasteiger partial charge in [-0.1, -0.05) is 54.6 Å². The first kappa shape index (κ1) is 18.5. The number of nitrogens with one attached hydrogen (secondary N) is 1. The Morgan fingerprint density at radius 3 is 2.38 bits per heavy atom. The molecular formula is C26H29N3. The molecule has 0 amide bonds. The van der Waals surface area contributed by atoms with Gasteiger partial charge in [0.25, 0.3) is 0 Å². The molecule has 0 saturated carbocycles. The van der Waals surface area contributed by atoms with Crippen LogP contribution in [0.15, 0.2) is 79.1 Å². The molecule has 3 aromatic rings. The van der Waals surface area contributed by atoms with Crippen molar-refractivity contribution in [1.29, 1.82) is 0 Å². The first-order valence-corrected chi connectivity index (χ1v) is 10.9. The predicted octanol–water partition coefficient (Wildman–Crippen LogP) is 4.54. The highest BCUT2D eigenvalue weighted by molar-refractivity contribution is 5.66. The van der Waals surface area contributed by atoms with E-state index in [1.807, 2.05) is 12.4 Å². The lowest BCUT2D eigenvalue weighted by atomic mass is 9.76. The summed E-state index contributed by atoms with van der Waals surface area (Å²) in [4.78, 5) is 6.92. The molecule has 148 valence electrons. The van der Waals surface area contributed by atoms with Crippen LogP contribution < -0.4 is 5.32 Å². The normalized spacial score (nSPS) is 25.8. The zero-order chi connectivity index (χ0) is 19.5. The average Bonchev–Trinajstić information content (AvgIpc) is 2.81. The third-order valence-corrected chi connectivity index (χ3v) is 6.79. The van der Waals surface area contributed by atoms with Crippen LogP contribution in [0.25, 0.3) is 11.1 Å². The van der Waals surface area contributed by atoms with Crippen molar-refractivity contribution in [3.63, 3.8) is 0 Å². The van der Waals surface area contributed by atoms with Crippen molar-refractivity contribution in [2.75, 3.05) is 13.1 Å². The summed E-state index contributed by atoms with van der Waals surface area (Å²) >= 11 is 0. The molecule has 3 fully saturated rings.